The van der Waals surface area contributed by atoms with Crippen molar-refractivity contribution in [3.8, 4) is 0 Å². The molecule has 0 saturated carbocycles. The third-order valence-corrected chi connectivity index (χ3v) is 7.48. The highest BCUT2D eigenvalue weighted by Crippen LogP contribution is 2.44. The van der Waals surface area contributed by atoms with Crippen LogP contribution < -0.4 is 0 Å². The van der Waals surface area contributed by atoms with Gasteiger partial charge in [0.1, 0.15) is 0 Å². The first-order valence-corrected chi connectivity index (χ1v) is 11.5. The molecule has 2 aromatic carbocycles. The lowest BCUT2D eigenvalue weighted by atomic mass is 9.86. The minimum Gasteiger partial charge on any atom is -0.334 e. The molecule has 2 aromatic rings. The molecule has 3 aliphatic rings. The Balaban J connectivity index is 1.21. The predicted molar refractivity (Wildman–Crippen MR) is 122 cm³/mol. The van der Waals surface area contributed by atoms with Crippen molar-refractivity contribution in [1.82, 2.24) is 9.80 Å². The second kappa shape index (κ2) is 8.39. The molecule has 2 aliphatic heterocycles. The Morgan fingerprint density at radius 1 is 1.03 bits per heavy atom. The molecule has 0 N–H and O–H groups in total. The standard InChI is InChI=1S/C27H32N2O/c1-20-6-5-16-28(20)17-15-21-9-11-22(12-10-21)25-14-13-24-18-29(19-26(24)25)27(30)23-7-3-2-4-8-23/h2-4,7-13,20,25-26H,5-6,14-19H2,1H3. The van der Waals surface area contributed by atoms with E-state index in [-0.39, 0.29) is 5.91 Å². The van der Waals surface area contributed by atoms with Gasteiger partial charge in [-0.3, -0.25) is 4.79 Å². The van der Waals surface area contributed by atoms with E-state index < -0.39 is 0 Å². The third kappa shape index (κ3) is 3.83. The third-order valence-electron chi connectivity index (χ3n) is 7.48. The van der Waals surface area contributed by atoms with Gasteiger partial charge in [0.05, 0.1) is 0 Å². The number of benzene rings is 2. The summed E-state index contributed by atoms with van der Waals surface area (Å²) in [4.78, 5) is 17.5. The number of hydrogen-bond acceptors (Lipinski definition) is 2. The van der Waals surface area contributed by atoms with Gasteiger partial charge in [0, 0.05) is 37.2 Å². The van der Waals surface area contributed by atoms with Gasteiger partial charge in [0.25, 0.3) is 5.91 Å². The number of fused-ring (bicyclic) bond motifs is 1. The molecule has 3 atom stereocenters. The minimum absolute atomic E-state index is 0.163. The molecule has 3 heteroatoms. The first-order valence-electron chi connectivity index (χ1n) is 11.5. The van der Waals surface area contributed by atoms with Crippen LogP contribution >= 0.6 is 0 Å². The summed E-state index contributed by atoms with van der Waals surface area (Å²) in [5, 5.41) is 0. The van der Waals surface area contributed by atoms with Gasteiger partial charge in [-0.1, -0.05) is 48.5 Å². The molecule has 3 nitrogen and oxygen atoms in total. The maximum Gasteiger partial charge on any atom is 0.254 e. The van der Waals surface area contributed by atoms with Gasteiger partial charge in [-0.05, 0) is 73.9 Å². The quantitative estimate of drug-likeness (QED) is 0.667. The molecule has 1 aliphatic carbocycles. The molecule has 2 heterocycles. The van der Waals surface area contributed by atoms with Crippen molar-refractivity contribution in [1.29, 1.82) is 0 Å². The van der Waals surface area contributed by atoms with Crippen LogP contribution in [-0.4, -0.2) is 47.9 Å². The maximum atomic E-state index is 12.9. The van der Waals surface area contributed by atoms with Crippen LogP contribution in [0.1, 0.15) is 53.6 Å². The van der Waals surface area contributed by atoms with Crippen molar-refractivity contribution < 1.29 is 4.79 Å². The van der Waals surface area contributed by atoms with E-state index >= 15 is 0 Å². The van der Waals surface area contributed by atoms with Gasteiger partial charge >= 0.3 is 0 Å². The smallest absolute Gasteiger partial charge is 0.254 e. The second-order valence-electron chi connectivity index (χ2n) is 9.30. The van der Waals surface area contributed by atoms with Gasteiger partial charge in [0.2, 0.25) is 0 Å². The highest BCUT2D eigenvalue weighted by molar-refractivity contribution is 5.94. The molecule has 0 spiro atoms. The first kappa shape index (κ1) is 19.6. The number of allylic oxidation sites excluding steroid dienone is 1. The molecule has 0 radical (unpaired) electrons. The summed E-state index contributed by atoms with van der Waals surface area (Å²) in [5.74, 6) is 1.16. The zero-order valence-corrected chi connectivity index (χ0v) is 18.0. The average molecular weight is 401 g/mol. The maximum absolute atomic E-state index is 12.9. The molecular formula is C27H32N2O. The number of carbonyl (C=O) groups excluding carboxylic acids is 1. The van der Waals surface area contributed by atoms with Gasteiger partial charge in [-0.25, -0.2) is 0 Å². The highest BCUT2D eigenvalue weighted by atomic mass is 16.2. The summed E-state index contributed by atoms with van der Waals surface area (Å²) in [6.45, 7) is 6.43. The van der Waals surface area contributed by atoms with E-state index in [2.05, 4.69) is 42.2 Å². The summed E-state index contributed by atoms with van der Waals surface area (Å²) in [6, 6.07) is 19.8. The van der Waals surface area contributed by atoms with Crippen LogP contribution in [0.2, 0.25) is 0 Å². The van der Waals surface area contributed by atoms with E-state index in [0.29, 0.717) is 11.8 Å². The molecule has 3 unspecified atom stereocenters. The summed E-state index contributed by atoms with van der Waals surface area (Å²) in [6.07, 6.45) is 7.33. The number of amides is 1. The Bertz CT molecular complexity index is 918. The number of likely N-dealkylation sites (tertiary alicyclic amines) is 2. The van der Waals surface area contributed by atoms with E-state index in [1.165, 1.54) is 42.6 Å². The predicted octanol–water partition coefficient (Wildman–Crippen LogP) is 4.90. The summed E-state index contributed by atoms with van der Waals surface area (Å²) >= 11 is 0. The van der Waals surface area contributed by atoms with Crippen molar-refractivity contribution >= 4 is 5.91 Å². The molecule has 5 rings (SSSR count). The Kier molecular flexibility index (Phi) is 5.47. The van der Waals surface area contributed by atoms with Crippen molar-refractivity contribution in [2.45, 2.75) is 44.6 Å². The average Bonchev–Trinajstić information content (AvgIpc) is 3.49. The van der Waals surface area contributed by atoms with Gasteiger partial charge in [-0.15, -0.1) is 0 Å². The first-order chi connectivity index (χ1) is 14.7. The summed E-state index contributed by atoms with van der Waals surface area (Å²) in [5.41, 5.74) is 5.12. The largest absolute Gasteiger partial charge is 0.334 e. The Morgan fingerprint density at radius 2 is 1.83 bits per heavy atom. The zero-order valence-electron chi connectivity index (χ0n) is 18.0. The van der Waals surface area contributed by atoms with Crippen LogP contribution in [0.3, 0.4) is 0 Å². The molecule has 0 aromatic heterocycles. The zero-order chi connectivity index (χ0) is 20.5. The Morgan fingerprint density at radius 3 is 2.57 bits per heavy atom. The second-order valence-corrected chi connectivity index (χ2v) is 9.30. The lowest BCUT2D eigenvalue weighted by Crippen LogP contribution is -2.29. The molecule has 30 heavy (non-hydrogen) atoms. The van der Waals surface area contributed by atoms with Gasteiger partial charge < -0.3 is 9.80 Å². The molecule has 156 valence electrons. The van der Waals surface area contributed by atoms with Crippen molar-refractivity contribution in [3.05, 3.63) is 82.9 Å². The van der Waals surface area contributed by atoms with E-state index in [4.69, 9.17) is 0 Å². The highest BCUT2D eigenvalue weighted by Gasteiger charge is 2.39. The van der Waals surface area contributed by atoms with E-state index in [9.17, 15) is 4.79 Å². The SMILES string of the molecule is CC1CCCN1CCc1ccc(C2CC=C3CN(C(=O)c4ccccc4)CC32)cc1. The lowest BCUT2D eigenvalue weighted by molar-refractivity contribution is 0.0786. The van der Waals surface area contributed by atoms with Crippen LogP contribution in [0.15, 0.2) is 66.2 Å². The summed E-state index contributed by atoms with van der Waals surface area (Å²) in [7, 11) is 0. The molecule has 0 bridgehead atoms. The van der Waals surface area contributed by atoms with E-state index in [1.54, 1.807) is 0 Å². The van der Waals surface area contributed by atoms with Crippen LogP contribution in [0.4, 0.5) is 0 Å². The lowest BCUT2D eigenvalue weighted by Gasteiger charge is -2.22. The normalized spacial score (nSPS) is 26.1. The fraction of sp³-hybridized carbons (Fsp3) is 0.444. The van der Waals surface area contributed by atoms with Crippen LogP contribution in [0, 0.1) is 5.92 Å². The van der Waals surface area contributed by atoms with Crippen LogP contribution in [-0.2, 0) is 6.42 Å². The fourth-order valence-electron chi connectivity index (χ4n) is 5.62. The molecular weight excluding hydrogens is 368 g/mol. The van der Waals surface area contributed by atoms with Gasteiger partial charge in [0.15, 0.2) is 0 Å². The monoisotopic (exact) mass is 400 g/mol. The van der Waals surface area contributed by atoms with Crippen molar-refractivity contribution in [2.24, 2.45) is 5.92 Å². The van der Waals surface area contributed by atoms with Crippen LogP contribution in [0.5, 0.6) is 0 Å². The fourth-order valence-corrected chi connectivity index (χ4v) is 5.62. The number of nitrogens with zero attached hydrogens (tertiary/aromatic N) is 2. The molecule has 1 amide bonds. The Hall–Kier alpha value is -2.39. The number of carbonyl (C=O) groups is 1. The van der Waals surface area contributed by atoms with Gasteiger partial charge in [-0.2, -0.15) is 0 Å². The van der Waals surface area contributed by atoms with Crippen LogP contribution in [0.25, 0.3) is 0 Å². The number of hydrogen-bond donors (Lipinski definition) is 0. The van der Waals surface area contributed by atoms with Crippen molar-refractivity contribution in [2.75, 3.05) is 26.2 Å². The Labute approximate surface area is 180 Å². The van der Waals surface area contributed by atoms with Crippen molar-refractivity contribution in [3.63, 3.8) is 0 Å². The topological polar surface area (TPSA) is 23.6 Å². The molecule has 2 fully saturated rings. The minimum atomic E-state index is 0.163. The molecule has 2 saturated heterocycles. The van der Waals surface area contributed by atoms with E-state index in [0.717, 1.165) is 37.5 Å². The van der Waals surface area contributed by atoms with E-state index in [1.807, 2.05) is 35.2 Å². The number of rotatable bonds is 5. The summed E-state index contributed by atoms with van der Waals surface area (Å²) < 4.78 is 0.